The predicted molar refractivity (Wildman–Crippen MR) is 85.5 cm³/mol. The Morgan fingerprint density at radius 1 is 1.24 bits per heavy atom. The maximum Gasteiger partial charge on any atom is 0.254 e. The Morgan fingerprint density at radius 2 is 2.05 bits per heavy atom. The van der Waals surface area contributed by atoms with E-state index in [1.807, 2.05) is 24.4 Å². The van der Waals surface area contributed by atoms with Crippen molar-refractivity contribution >= 4 is 28.8 Å². The highest BCUT2D eigenvalue weighted by atomic mass is 32.1. The van der Waals surface area contributed by atoms with Gasteiger partial charge in [-0.2, -0.15) is 0 Å². The number of amides is 2. The van der Waals surface area contributed by atoms with Crippen LogP contribution in [0.15, 0.2) is 41.8 Å². The van der Waals surface area contributed by atoms with Gasteiger partial charge in [-0.3, -0.25) is 9.59 Å². The van der Waals surface area contributed by atoms with Crippen molar-refractivity contribution in [3.05, 3.63) is 52.2 Å². The summed E-state index contributed by atoms with van der Waals surface area (Å²) in [5.41, 5.74) is 1.22. The van der Waals surface area contributed by atoms with E-state index in [0.29, 0.717) is 24.3 Å². The van der Waals surface area contributed by atoms with E-state index in [4.69, 9.17) is 0 Å². The number of anilines is 1. The summed E-state index contributed by atoms with van der Waals surface area (Å²) in [6.45, 7) is 4.66. The molecule has 21 heavy (non-hydrogen) atoms. The van der Waals surface area contributed by atoms with E-state index in [2.05, 4.69) is 5.32 Å². The Labute approximate surface area is 128 Å². The van der Waals surface area contributed by atoms with E-state index < -0.39 is 0 Å². The molecule has 5 heteroatoms. The lowest BCUT2D eigenvalue weighted by Crippen LogP contribution is -2.30. The molecule has 0 aliphatic carbocycles. The topological polar surface area (TPSA) is 49.4 Å². The quantitative estimate of drug-likeness (QED) is 0.920. The van der Waals surface area contributed by atoms with Crippen molar-refractivity contribution < 1.29 is 9.59 Å². The lowest BCUT2D eigenvalue weighted by molar-refractivity contribution is -0.114. The van der Waals surface area contributed by atoms with E-state index in [0.717, 1.165) is 4.88 Å². The molecular weight excluding hydrogens is 284 g/mol. The van der Waals surface area contributed by atoms with E-state index in [9.17, 15) is 9.59 Å². The average molecular weight is 302 g/mol. The molecule has 1 aromatic carbocycles. The van der Waals surface area contributed by atoms with Crippen LogP contribution in [0.2, 0.25) is 0 Å². The average Bonchev–Trinajstić information content (AvgIpc) is 2.96. The minimum Gasteiger partial charge on any atom is -0.334 e. The van der Waals surface area contributed by atoms with Crippen molar-refractivity contribution in [1.29, 1.82) is 0 Å². The zero-order chi connectivity index (χ0) is 15.2. The lowest BCUT2D eigenvalue weighted by Gasteiger charge is -2.20. The Morgan fingerprint density at radius 3 is 2.67 bits per heavy atom. The minimum absolute atomic E-state index is 0.0295. The van der Waals surface area contributed by atoms with Crippen molar-refractivity contribution in [2.75, 3.05) is 11.9 Å². The fourth-order valence-electron chi connectivity index (χ4n) is 2.03. The van der Waals surface area contributed by atoms with Crippen molar-refractivity contribution in [2.24, 2.45) is 0 Å². The van der Waals surface area contributed by atoms with Crippen molar-refractivity contribution in [2.45, 2.75) is 20.4 Å². The Bertz CT molecular complexity index is 623. The third-order valence-corrected chi connectivity index (χ3v) is 3.89. The lowest BCUT2D eigenvalue weighted by atomic mass is 10.1. The molecule has 1 heterocycles. The maximum absolute atomic E-state index is 12.6. The van der Waals surface area contributed by atoms with Gasteiger partial charge in [0.05, 0.1) is 6.54 Å². The Hall–Kier alpha value is -2.14. The summed E-state index contributed by atoms with van der Waals surface area (Å²) in [4.78, 5) is 26.6. The van der Waals surface area contributed by atoms with Gasteiger partial charge in [0, 0.05) is 29.6 Å². The number of hydrogen-bond acceptors (Lipinski definition) is 3. The van der Waals surface area contributed by atoms with Crippen molar-refractivity contribution in [3.63, 3.8) is 0 Å². The van der Waals surface area contributed by atoms with Crippen LogP contribution in [0.4, 0.5) is 5.69 Å². The summed E-state index contributed by atoms with van der Waals surface area (Å²) in [6, 6.07) is 11.0. The highest BCUT2D eigenvalue weighted by Crippen LogP contribution is 2.16. The molecule has 110 valence electrons. The number of nitrogens with one attached hydrogen (secondary N) is 1. The molecule has 0 saturated heterocycles. The molecule has 0 unspecified atom stereocenters. The SMILES string of the molecule is CCN(Cc1cccs1)C(=O)c1cccc(NC(C)=O)c1. The van der Waals surface area contributed by atoms with Crippen LogP contribution >= 0.6 is 11.3 Å². The first-order valence-corrected chi connectivity index (χ1v) is 7.67. The molecule has 0 fully saturated rings. The monoisotopic (exact) mass is 302 g/mol. The van der Waals surface area contributed by atoms with Crippen molar-refractivity contribution in [1.82, 2.24) is 4.90 Å². The molecular formula is C16H18N2O2S. The zero-order valence-electron chi connectivity index (χ0n) is 12.1. The fraction of sp³-hybridized carbons (Fsp3) is 0.250. The molecule has 0 atom stereocenters. The molecule has 4 nitrogen and oxygen atoms in total. The summed E-state index contributed by atoms with van der Waals surface area (Å²) in [5, 5.41) is 4.70. The van der Waals surface area contributed by atoms with Crippen LogP contribution in [0.25, 0.3) is 0 Å². The largest absolute Gasteiger partial charge is 0.334 e. The summed E-state index contributed by atoms with van der Waals surface area (Å²) in [6.07, 6.45) is 0. The van der Waals surface area contributed by atoms with Gasteiger partial charge in [-0.05, 0) is 36.6 Å². The molecule has 2 rings (SSSR count). The number of hydrogen-bond donors (Lipinski definition) is 1. The van der Waals surface area contributed by atoms with Gasteiger partial charge in [-0.25, -0.2) is 0 Å². The molecule has 2 amide bonds. The van der Waals surface area contributed by atoms with Gasteiger partial charge in [0.1, 0.15) is 0 Å². The van der Waals surface area contributed by atoms with Crippen molar-refractivity contribution in [3.8, 4) is 0 Å². The van der Waals surface area contributed by atoms with Crippen LogP contribution in [0.1, 0.15) is 29.1 Å². The number of carbonyl (C=O) groups excluding carboxylic acids is 2. The molecule has 0 aliphatic heterocycles. The fourth-order valence-corrected chi connectivity index (χ4v) is 2.75. The smallest absolute Gasteiger partial charge is 0.254 e. The van der Waals surface area contributed by atoms with E-state index in [1.54, 1.807) is 40.5 Å². The second-order valence-electron chi connectivity index (χ2n) is 4.66. The zero-order valence-corrected chi connectivity index (χ0v) is 12.9. The van der Waals surface area contributed by atoms with Crippen LogP contribution in [0, 0.1) is 0 Å². The minimum atomic E-state index is -0.148. The standard InChI is InChI=1S/C16H18N2O2S/c1-3-18(11-15-8-5-9-21-15)16(20)13-6-4-7-14(10-13)17-12(2)19/h4-10H,3,11H2,1-2H3,(H,17,19). The number of carbonyl (C=O) groups is 2. The predicted octanol–water partition coefficient (Wildman–Crippen LogP) is 3.37. The molecule has 2 aromatic rings. The summed E-state index contributed by atoms with van der Waals surface area (Å²) in [5.74, 6) is -0.177. The number of thiophene rings is 1. The van der Waals surface area contributed by atoms with Crippen LogP contribution in [0.3, 0.4) is 0 Å². The number of nitrogens with zero attached hydrogens (tertiary/aromatic N) is 1. The molecule has 0 aliphatic rings. The van der Waals surface area contributed by atoms with Gasteiger partial charge in [-0.15, -0.1) is 11.3 Å². The van der Waals surface area contributed by atoms with Crippen LogP contribution < -0.4 is 5.32 Å². The Kier molecular flexibility index (Phi) is 5.11. The van der Waals surface area contributed by atoms with Gasteiger partial charge in [0.15, 0.2) is 0 Å². The highest BCUT2D eigenvalue weighted by Gasteiger charge is 2.15. The number of benzene rings is 1. The van der Waals surface area contributed by atoms with Gasteiger partial charge < -0.3 is 10.2 Å². The summed E-state index contributed by atoms with van der Waals surface area (Å²) in [7, 11) is 0. The molecule has 0 radical (unpaired) electrons. The first kappa shape index (κ1) is 15.3. The molecule has 0 saturated carbocycles. The third kappa shape index (κ3) is 4.16. The molecule has 0 spiro atoms. The van der Waals surface area contributed by atoms with E-state index in [1.165, 1.54) is 6.92 Å². The maximum atomic E-state index is 12.6. The first-order chi connectivity index (χ1) is 10.1. The molecule has 0 bridgehead atoms. The van der Waals surface area contributed by atoms with Gasteiger partial charge in [0.25, 0.3) is 5.91 Å². The normalized spacial score (nSPS) is 10.2. The summed E-state index contributed by atoms with van der Waals surface area (Å²) < 4.78 is 0. The number of rotatable bonds is 5. The van der Waals surface area contributed by atoms with Gasteiger partial charge in [-0.1, -0.05) is 12.1 Å². The van der Waals surface area contributed by atoms with Gasteiger partial charge >= 0.3 is 0 Å². The Balaban J connectivity index is 2.15. The second-order valence-corrected chi connectivity index (χ2v) is 5.69. The van der Waals surface area contributed by atoms with Crippen LogP contribution in [-0.2, 0) is 11.3 Å². The molecule has 1 aromatic heterocycles. The van der Waals surface area contributed by atoms with E-state index >= 15 is 0 Å². The molecule has 1 N–H and O–H groups in total. The van der Waals surface area contributed by atoms with Crippen LogP contribution in [0.5, 0.6) is 0 Å². The highest BCUT2D eigenvalue weighted by molar-refractivity contribution is 7.09. The second kappa shape index (κ2) is 7.04. The van der Waals surface area contributed by atoms with Gasteiger partial charge in [0.2, 0.25) is 5.91 Å². The first-order valence-electron chi connectivity index (χ1n) is 6.79. The van der Waals surface area contributed by atoms with Crippen LogP contribution in [-0.4, -0.2) is 23.3 Å². The third-order valence-electron chi connectivity index (χ3n) is 3.03. The van der Waals surface area contributed by atoms with E-state index in [-0.39, 0.29) is 11.8 Å². The summed E-state index contributed by atoms with van der Waals surface area (Å²) >= 11 is 1.64.